The summed E-state index contributed by atoms with van der Waals surface area (Å²) in [5.41, 5.74) is 4.51. The van der Waals surface area contributed by atoms with Gasteiger partial charge in [-0.15, -0.1) is 0 Å². The lowest BCUT2D eigenvalue weighted by atomic mass is 10.0. The number of unbranched alkanes of at least 4 members (excludes halogenated alkanes) is 3. The molecule has 0 unspecified atom stereocenters. The maximum absolute atomic E-state index is 11.5. The summed E-state index contributed by atoms with van der Waals surface area (Å²) >= 11 is 0. The molecule has 0 bridgehead atoms. The molecule has 3 rings (SSSR count). The zero-order valence-corrected chi connectivity index (χ0v) is 15.9. The fraction of sp³-hybridized carbons (Fsp3) is 0.304. The van der Waals surface area contributed by atoms with E-state index >= 15 is 0 Å². The maximum Gasteiger partial charge on any atom is 0.337 e. The van der Waals surface area contributed by atoms with Crippen LogP contribution in [-0.4, -0.2) is 18.2 Å². The van der Waals surface area contributed by atoms with E-state index in [0.717, 1.165) is 29.0 Å². The van der Waals surface area contributed by atoms with Crippen molar-refractivity contribution in [2.24, 2.45) is 0 Å². The molecule has 0 aliphatic carbocycles. The third-order valence-corrected chi connectivity index (χ3v) is 4.67. The van der Waals surface area contributed by atoms with Crippen LogP contribution >= 0.6 is 0 Å². The van der Waals surface area contributed by atoms with E-state index in [4.69, 9.17) is 9.26 Å². The van der Waals surface area contributed by atoms with E-state index in [1.165, 1.54) is 38.4 Å². The van der Waals surface area contributed by atoms with Crippen molar-refractivity contribution in [1.82, 2.24) is 5.16 Å². The quantitative estimate of drug-likeness (QED) is 0.368. The molecule has 0 radical (unpaired) electrons. The van der Waals surface area contributed by atoms with Crippen LogP contribution in [0.5, 0.6) is 0 Å². The number of aromatic nitrogens is 1. The number of nitrogens with zero attached hydrogens (tertiary/aromatic N) is 1. The second-order valence-electron chi connectivity index (χ2n) is 6.65. The van der Waals surface area contributed by atoms with Crippen molar-refractivity contribution in [3.05, 3.63) is 65.7 Å². The predicted octanol–water partition coefficient (Wildman–Crippen LogP) is 5.92. The van der Waals surface area contributed by atoms with Crippen LogP contribution in [0.25, 0.3) is 22.6 Å². The molecule has 0 fully saturated rings. The van der Waals surface area contributed by atoms with Gasteiger partial charge in [-0.25, -0.2) is 4.79 Å². The second kappa shape index (κ2) is 9.17. The summed E-state index contributed by atoms with van der Waals surface area (Å²) in [5, 5.41) is 4.16. The van der Waals surface area contributed by atoms with Gasteiger partial charge in [-0.3, -0.25) is 0 Å². The summed E-state index contributed by atoms with van der Waals surface area (Å²) < 4.78 is 10.2. The van der Waals surface area contributed by atoms with Crippen LogP contribution in [0.1, 0.15) is 48.5 Å². The Labute approximate surface area is 160 Å². The van der Waals surface area contributed by atoms with E-state index in [1.54, 1.807) is 12.1 Å². The van der Waals surface area contributed by atoms with Crippen LogP contribution in [0.4, 0.5) is 0 Å². The maximum atomic E-state index is 11.5. The number of hydrogen-bond donors (Lipinski definition) is 0. The van der Waals surface area contributed by atoms with Crippen molar-refractivity contribution in [2.45, 2.75) is 39.0 Å². The number of methoxy groups -OCH3 is 1. The smallest absolute Gasteiger partial charge is 0.337 e. The van der Waals surface area contributed by atoms with Gasteiger partial charge in [0.15, 0.2) is 5.76 Å². The minimum Gasteiger partial charge on any atom is -0.465 e. The van der Waals surface area contributed by atoms with Crippen molar-refractivity contribution < 1.29 is 14.1 Å². The van der Waals surface area contributed by atoms with E-state index in [9.17, 15) is 4.79 Å². The number of esters is 1. The molecule has 0 amide bonds. The topological polar surface area (TPSA) is 52.3 Å². The van der Waals surface area contributed by atoms with Crippen LogP contribution < -0.4 is 0 Å². The molecule has 0 aliphatic rings. The first-order valence-electron chi connectivity index (χ1n) is 9.46. The van der Waals surface area contributed by atoms with E-state index in [2.05, 4.69) is 36.3 Å². The van der Waals surface area contributed by atoms with Gasteiger partial charge >= 0.3 is 5.97 Å². The van der Waals surface area contributed by atoms with Crippen LogP contribution in [0.3, 0.4) is 0 Å². The Morgan fingerprint density at radius 2 is 1.67 bits per heavy atom. The lowest BCUT2D eigenvalue weighted by Crippen LogP contribution is -2.00. The monoisotopic (exact) mass is 363 g/mol. The fourth-order valence-electron chi connectivity index (χ4n) is 3.03. The number of benzene rings is 2. The Hall–Kier alpha value is -2.88. The van der Waals surface area contributed by atoms with Gasteiger partial charge in [0.25, 0.3) is 0 Å². The first-order chi connectivity index (χ1) is 13.2. The molecule has 4 nitrogen and oxygen atoms in total. The predicted molar refractivity (Wildman–Crippen MR) is 107 cm³/mol. The highest BCUT2D eigenvalue weighted by Gasteiger charge is 2.10. The molecule has 140 valence electrons. The molecule has 4 heteroatoms. The van der Waals surface area contributed by atoms with Crippen molar-refractivity contribution in [2.75, 3.05) is 7.11 Å². The van der Waals surface area contributed by atoms with Crippen LogP contribution in [0, 0.1) is 0 Å². The largest absolute Gasteiger partial charge is 0.465 e. The van der Waals surface area contributed by atoms with E-state index in [0.29, 0.717) is 5.56 Å². The average Bonchev–Trinajstić information content (AvgIpc) is 3.21. The molecule has 27 heavy (non-hydrogen) atoms. The summed E-state index contributed by atoms with van der Waals surface area (Å²) in [6, 6.07) is 17.5. The molecule has 0 aliphatic heterocycles. The minimum absolute atomic E-state index is 0.350. The molecule has 1 heterocycles. The zero-order chi connectivity index (χ0) is 19.1. The van der Waals surface area contributed by atoms with Crippen LogP contribution in [0.15, 0.2) is 59.1 Å². The van der Waals surface area contributed by atoms with Crippen LogP contribution in [-0.2, 0) is 11.2 Å². The van der Waals surface area contributed by atoms with Gasteiger partial charge in [0, 0.05) is 17.2 Å². The fourth-order valence-corrected chi connectivity index (χ4v) is 3.03. The lowest BCUT2D eigenvalue weighted by molar-refractivity contribution is 0.0601. The summed E-state index contributed by atoms with van der Waals surface area (Å²) in [4.78, 5) is 11.5. The standard InChI is InChI=1S/C23H25NO3/c1-3-4-5-6-7-17-8-10-19(11-9-17)22-16-21(24-27-22)18-12-14-20(15-13-18)23(25)26-2/h8-16H,3-7H2,1-2H3. The molecular weight excluding hydrogens is 338 g/mol. The Bertz CT molecular complexity index is 863. The Balaban J connectivity index is 1.67. The number of carbonyl (C=O) groups excluding carboxylic acids is 1. The molecule has 2 aromatic carbocycles. The van der Waals surface area contributed by atoms with Gasteiger partial charge in [0.05, 0.1) is 12.7 Å². The van der Waals surface area contributed by atoms with Gasteiger partial charge in [0.2, 0.25) is 0 Å². The number of rotatable bonds is 8. The Kier molecular flexibility index (Phi) is 6.42. The van der Waals surface area contributed by atoms with Crippen molar-refractivity contribution in [3.63, 3.8) is 0 Å². The van der Waals surface area contributed by atoms with Gasteiger partial charge in [-0.05, 0) is 30.5 Å². The zero-order valence-electron chi connectivity index (χ0n) is 15.9. The molecule has 1 aromatic heterocycles. The summed E-state index contributed by atoms with van der Waals surface area (Å²) in [5.74, 6) is 0.386. The number of aryl methyl sites for hydroxylation is 1. The first kappa shape index (κ1) is 18.9. The number of carbonyl (C=O) groups is 1. The van der Waals surface area contributed by atoms with Crippen molar-refractivity contribution in [1.29, 1.82) is 0 Å². The third-order valence-electron chi connectivity index (χ3n) is 4.67. The molecule has 0 spiro atoms. The van der Waals surface area contributed by atoms with Gasteiger partial charge in [0.1, 0.15) is 5.69 Å². The highest BCUT2D eigenvalue weighted by atomic mass is 16.5. The molecule has 0 saturated carbocycles. The first-order valence-corrected chi connectivity index (χ1v) is 9.46. The third kappa shape index (κ3) is 4.85. The summed E-state index contributed by atoms with van der Waals surface area (Å²) in [7, 11) is 1.37. The summed E-state index contributed by atoms with van der Waals surface area (Å²) in [6.45, 7) is 2.23. The highest BCUT2D eigenvalue weighted by Crippen LogP contribution is 2.26. The number of hydrogen-bond acceptors (Lipinski definition) is 4. The van der Waals surface area contributed by atoms with E-state index < -0.39 is 0 Å². The lowest BCUT2D eigenvalue weighted by Gasteiger charge is -2.02. The minimum atomic E-state index is -0.350. The Morgan fingerprint density at radius 3 is 2.33 bits per heavy atom. The van der Waals surface area contributed by atoms with E-state index in [1.807, 2.05) is 18.2 Å². The number of ether oxygens (including phenoxy) is 1. The molecule has 3 aromatic rings. The highest BCUT2D eigenvalue weighted by molar-refractivity contribution is 5.89. The van der Waals surface area contributed by atoms with Crippen molar-refractivity contribution >= 4 is 5.97 Å². The van der Waals surface area contributed by atoms with E-state index in [-0.39, 0.29) is 5.97 Å². The van der Waals surface area contributed by atoms with Crippen LogP contribution in [0.2, 0.25) is 0 Å². The molecule has 0 atom stereocenters. The molecule has 0 saturated heterocycles. The summed E-state index contributed by atoms with van der Waals surface area (Å²) in [6.07, 6.45) is 6.21. The molecular formula is C23H25NO3. The van der Waals surface area contributed by atoms with Crippen molar-refractivity contribution in [3.8, 4) is 22.6 Å². The normalized spacial score (nSPS) is 10.7. The van der Waals surface area contributed by atoms with Gasteiger partial charge in [-0.2, -0.15) is 0 Å². The van der Waals surface area contributed by atoms with Gasteiger partial charge in [-0.1, -0.05) is 67.7 Å². The second-order valence-corrected chi connectivity index (χ2v) is 6.65. The SMILES string of the molecule is CCCCCCc1ccc(-c2cc(-c3ccc(C(=O)OC)cc3)no2)cc1. The molecule has 0 N–H and O–H groups in total. The van der Waals surface area contributed by atoms with Gasteiger partial charge < -0.3 is 9.26 Å². The average molecular weight is 363 g/mol. The Morgan fingerprint density at radius 1 is 0.963 bits per heavy atom.